The van der Waals surface area contributed by atoms with Crippen molar-refractivity contribution in [3.05, 3.63) is 121 Å². The molecule has 9 rings (SSSR count). The molecule has 0 amide bonds. The largest absolute Gasteiger partial charge is 0.456 e. The van der Waals surface area contributed by atoms with Crippen molar-refractivity contribution in [2.45, 2.75) is 6.92 Å². The van der Waals surface area contributed by atoms with Gasteiger partial charge < -0.3 is 13.3 Å². The molecule has 3 heteroatoms. The monoisotopic (exact) mass is 514 g/mol. The van der Waals surface area contributed by atoms with Crippen molar-refractivity contribution in [1.29, 1.82) is 0 Å². The number of aryl methyl sites for hydroxylation is 1. The minimum Gasteiger partial charge on any atom is -0.456 e. The zero-order valence-corrected chi connectivity index (χ0v) is 21.7. The number of hydrogen-bond acceptors (Lipinski definition) is 3. The molecule has 0 aliphatic rings. The molecule has 0 aliphatic heterocycles. The second-order valence-corrected chi connectivity index (χ2v) is 10.5. The molecule has 0 N–H and O–H groups in total. The summed E-state index contributed by atoms with van der Waals surface area (Å²) in [6.07, 6.45) is 0. The summed E-state index contributed by atoms with van der Waals surface area (Å²) in [5, 5.41) is 6.67. The molecular weight excluding hydrogens is 492 g/mol. The highest BCUT2D eigenvalue weighted by Crippen LogP contribution is 2.47. The predicted octanol–water partition coefficient (Wildman–Crippen LogP) is 11.0. The van der Waals surface area contributed by atoms with Crippen LogP contribution in [0.15, 0.2) is 129 Å². The highest BCUT2D eigenvalue weighted by atomic mass is 16.3. The van der Waals surface area contributed by atoms with Crippen molar-refractivity contribution in [3.63, 3.8) is 0 Å². The lowest BCUT2D eigenvalue weighted by atomic mass is 9.90. The minimum absolute atomic E-state index is 0.871. The van der Waals surface area contributed by atoms with Crippen LogP contribution in [0.1, 0.15) is 5.56 Å². The third-order valence-electron chi connectivity index (χ3n) is 8.23. The molecule has 9 aromatic rings. The summed E-state index contributed by atoms with van der Waals surface area (Å²) in [6, 6.07) is 39.9. The fourth-order valence-corrected chi connectivity index (χ4v) is 6.45. The molecule has 0 fully saturated rings. The minimum atomic E-state index is 0.871. The summed E-state index contributed by atoms with van der Waals surface area (Å²) >= 11 is 0. The van der Waals surface area contributed by atoms with Gasteiger partial charge in [-0.1, -0.05) is 84.9 Å². The third-order valence-corrected chi connectivity index (χ3v) is 8.23. The smallest absolute Gasteiger partial charge is 0.143 e. The number of benzene rings is 6. The Bertz CT molecular complexity index is 2450. The fourth-order valence-electron chi connectivity index (χ4n) is 6.45. The second-order valence-electron chi connectivity index (χ2n) is 10.5. The van der Waals surface area contributed by atoms with Crippen LogP contribution in [-0.4, -0.2) is 0 Å². The third kappa shape index (κ3) is 2.84. The van der Waals surface area contributed by atoms with Crippen molar-refractivity contribution in [3.8, 4) is 22.3 Å². The molecule has 40 heavy (non-hydrogen) atoms. The highest BCUT2D eigenvalue weighted by Gasteiger charge is 2.22. The van der Waals surface area contributed by atoms with E-state index in [4.69, 9.17) is 13.3 Å². The molecule has 0 saturated heterocycles. The molecule has 0 spiro atoms. The first-order valence-corrected chi connectivity index (χ1v) is 13.5. The Morgan fingerprint density at radius 3 is 1.52 bits per heavy atom. The Morgan fingerprint density at radius 2 is 0.825 bits per heavy atom. The van der Waals surface area contributed by atoms with E-state index in [9.17, 15) is 0 Å². The van der Waals surface area contributed by atoms with Crippen LogP contribution in [0.25, 0.3) is 88.1 Å². The Morgan fingerprint density at radius 1 is 0.350 bits per heavy atom. The van der Waals surface area contributed by atoms with Crippen LogP contribution >= 0.6 is 0 Å². The van der Waals surface area contributed by atoms with Gasteiger partial charge in [-0.3, -0.25) is 0 Å². The van der Waals surface area contributed by atoms with Gasteiger partial charge in [0.05, 0.1) is 0 Å². The Balaban J connectivity index is 1.43. The van der Waals surface area contributed by atoms with Crippen LogP contribution < -0.4 is 0 Å². The van der Waals surface area contributed by atoms with E-state index >= 15 is 0 Å². The molecule has 188 valence electrons. The van der Waals surface area contributed by atoms with Gasteiger partial charge >= 0.3 is 0 Å². The molecule has 3 aromatic heterocycles. The van der Waals surface area contributed by atoms with Crippen LogP contribution in [0.5, 0.6) is 0 Å². The normalized spacial score (nSPS) is 12.1. The molecule has 0 atom stereocenters. The van der Waals surface area contributed by atoms with Crippen LogP contribution in [0.3, 0.4) is 0 Å². The number of fused-ring (bicyclic) bond motifs is 9. The van der Waals surface area contributed by atoms with Crippen molar-refractivity contribution in [2.75, 3.05) is 0 Å². The quantitative estimate of drug-likeness (QED) is 0.230. The van der Waals surface area contributed by atoms with E-state index in [0.29, 0.717) is 0 Å². The van der Waals surface area contributed by atoms with Gasteiger partial charge in [0, 0.05) is 37.9 Å². The summed E-state index contributed by atoms with van der Waals surface area (Å²) in [5.41, 5.74) is 10.9. The average molecular weight is 515 g/mol. The molecule has 0 radical (unpaired) electrons. The lowest BCUT2D eigenvalue weighted by Gasteiger charge is -2.11. The van der Waals surface area contributed by atoms with E-state index in [0.717, 1.165) is 93.6 Å². The van der Waals surface area contributed by atoms with E-state index in [-0.39, 0.29) is 0 Å². The first kappa shape index (κ1) is 21.6. The van der Waals surface area contributed by atoms with Gasteiger partial charge in [-0.2, -0.15) is 0 Å². The van der Waals surface area contributed by atoms with Gasteiger partial charge in [0.25, 0.3) is 0 Å². The van der Waals surface area contributed by atoms with Crippen LogP contribution in [0.2, 0.25) is 0 Å². The van der Waals surface area contributed by atoms with Gasteiger partial charge in [-0.05, 0) is 59.5 Å². The number of para-hydroxylation sites is 3. The molecule has 0 saturated carbocycles. The SMILES string of the molecule is Cc1ccc(-c2ccc(-c3cccc4oc5ccccc5c34)c3oc4ccccc4c23)c2c1oc1ccccc12. The summed E-state index contributed by atoms with van der Waals surface area (Å²) in [6.45, 7) is 2.11. The van der Waals surface area contributed by atoms with Crippen molar-refractivity contribution >= 4 is 65.8 Å². The predicted molar refractivity (Wildman–Crippen MR) is 164 cm³/mol. The van der Waals surface area contributed by atoms with E-state index in [1.807, 2.05) is 36.4 Å². The summed E-state index contributed by atoms with van der Waals surface area (Å²) < 4.78 is 19.3. The molecule has 0 aliphatic carbocycles. The maximum absolute atomic E-state index is 6.69. The fraction of sp³-hybridized carbons (Fsp3) is 0.0270. The van der Waals surface area contributed by atoms with Crippen LogP contribution in [-0.2, 0) is 0 Å². The zero-order chi connectivity index (χ0) is 26.4. The van der Waals surface area contributed by atoms with Crippen molar-refractivity contribution in [2.24, 2.45) is 0 Å². The Kier molecular flexibility index (Phi) is 4.26. The van der Waals surface area contributed by atoms with Gasteiger partial charge in [0.2, 0.25) is 0 Å². The Labute approximate surface area is 228 Å². The highest BCUT2D eigenvalue weighted by molar-refractivity contribution is 6.23. The molecule has 3 nitrogen and oxygen atoms in total. The van der Waals surface area contributed by atoms with Gasteiger partial charge in [-0.25, -0.2) is 0 Å². The van der Waals surface area contributed by atoms with E-state index in [2.05, 4.69) is 85.8 Å². The molecular formula is C37H22O3. The standard InChI is InChI=1S/C37H22O3/c1-21-17-18-23(34-27-10-3-6-14-30(27)39-36(21)34)24-19-20-25(37-35(24)28-11-4-7-15-31(28)40-37)22-12-8-16-32-33(22)26-9-2-5-13-29(26)38-32/h2-20H,1H3. The topological polar surface area (TPSA) is 39.4 Å². The maximum Gasteiger partial charge on any atom is 0.143 e. The van der Waals surface area contributed by atoms with E-state index < -0.39 is 0 Å². The molecule has 6 aromatic carbocycles. The molecule has 0 unspecified atom stereocenters. The number of hydrogen-bond donors (Lipinski definition) is 0. The first-order chi connectivity index (χ1) is 19.8. The van der Waals surface area contributed by atoms with E-state index in [1.165, 1.54) is 0 Å². The number of furan rings is 3. The summed E-state index contributed by atoms with van der Waals surface area (Å²) in [4.78, 5) is 0. The molecule has 0 bridgehead atoms. The van der Waals surface area contributed by atoms with Crippen LogP contribution in [0.4, 0.5) is 0 Å². The first-order valence-electron chi connectivity index (χ1n) is 13.5. The second kappa shape index (κ2) is 7.87. The average Bonchev–Trinajstić information content (AvgIpc) is 3.69. The van der Waals surface area contributed by atoms with E-state index in [1.54, 1.807) is 0 Å². The Hall–Kier alpha value is -5.28. The molecule has 3 heterocycles. The van der Waals surface area contributed by atoms with Crippen LogP contribution in [0, 0.1) is 6.92 Å². The lowest BCUT2D eigenvalue weighted by Crippen LogP contribution is -1.87. The number of rotatable bonds is 2. The summed E-state index contributed by atoms with van der Waals surface area (Å²) in [5.74, 6) is 0. The zero-order valence-electron chi connectivity index (χ0n) is 21.7. The van der Waals surface area contributed by atoms with Gasteiger partial charge in [0.15, 0.2) is 0 Å². The van der Waals surface area contributed by atoms with Crippen molar-refractivity contribution in [1.82, 2.24) is 0 Å². The van der Waals surface area contributed by atoms with Crippen molar-refractivity contribution < 1.29 is 13.3 Å². The summed E-state index contributed by atoms with van der Waals surface area (Å²) in [7, 11) is 0. The van der Waals surface area contributed by atoms with Gasteiger partial charge in [-0.15, -0.1) is 0 Å². The van der Waals surface area contributed by atoms with Gasteiger partial charge in [0.1, 0.15) is 33.5 Å². The maximum atomic E-state index is 6.69. The lowest BCUT2D eigenvalue weighted by molar-refractivity contribution is 0.665.